The van der Waals surface area contributed by atoms with E-state index in [4.69, 9.17) is 15.6 Å². The highest BCUT2D eigenvalue weighted by molar-refractivity contribution is 5.65. The first kappa shape index (κ1) is 17.4. The molecule has 0 bridgehead atoms. The summed E-state index contributed by atoms with van der Waals surface area (Å²) in [4.78, 5) is 14.3. The Hall–Kier alpha value is -2.94. The van der Waals surface area contributed by atoms with Gasteiger partial charge in [0.05, 0.1) is 5.69 Å². The number of carboxylic acid groups (broad SMARTS) is 1. The van der Waals surface area contributed by atoms with Crippen LogP contribution in [0.25, 0.3) is 5.52 Å². The molecule has 0 aliphatic heterocycles. The van der Waals surface area contributed by atoms with Crippen molar-refractivity contribution < 1.29 is 29.6 Å². The molecule has 0 amide bonds. The van der Waals surface area contributed by atoms with Crippen LogP contribution in [0.15, 0.2) is 18.5 Å². The van der Waals surface area contributed by atoms with Gasteiger partial charge in [-0.25, -0.2) is 14.3 Å². The van der Waals surface area contributed by atoms with E-state index in [-0.39, 0.29) is 11.5 Å². The van der Waals surface area contributed by atoms with Gasteiger partial charge in [-0.1, -0.05) is 0 Å². The Kier molecular flexibility index (Phi) is 4.84. The number of nitrogens with two attached hydrogens (primary N) is 1. The number of methoxy groups -OCH3 is 1. The van der Waals surface area contributed by atoms with Gasteiger partial charge in [-0.05, 0) is 12.1 Å². The lowest BCUT2D eigenvalue weighted by Gasteiger charge is -2.31. The minimum absolute atomic E-state index is 0.110. The molecular formula is C13H15N5O6. The Bertz CT molecular complexity index is 787. The maximum atomic E-state index is 10.5. The predicted octanol–water partition coefficient (Wildman–Crippen LogP) is -0.691. The van der Waals surface area contributed by atoms with Crippen LogP contribution in [0.4, 0.5) is 10.6 Å². The van der Waals surface area contributed by atoms with E-state index in [2.05, 4.69) is 14.8 Å². The molecule has 0 spiro atoms. The van der Waals surface area contributed by atoms with Crippen molar-refractivity contribution in [2.45, 2.75) is 17.8 Å². The third-order valence-electron chi connectivity index (χ3n) is 3.55. The first-order valence-electron chi connectivity index (χ1n) is 6.62. The summed E-state index contributed by atoms with van der Waals surface area (Å²) in [6.45, 7) is -0.798. The Morgan fingerprint density at radius 2 is 2.25 bits per heavy atom. The molecule has 2 aromatic heterocycles. The van der Waals surface area contributed by atoms with Crippen molar-refractivity contribution in [2.24, 2.45) is 0 Å². The largest absolute Gasteiger partial charge is 0.505 e. The fourth-order valence-electron chi connectivity index (χ4n) is 2.19. The van der Waals surface area contributed by atoms with Gasteiger partial charge in [0.25, 0.3) is 0 Å². The molecule has 2 heterocycles. The van der Waals surface area contributed by atoms with E-state index in [0.717, 1.165) is 13.4 Å². The number of carbonyl (C=O) groups is 1. The maximum absolute atomic E-state index is 10.5. The van der Waals surface area contributed by atoms with Gasteiger partial charge in [-0.3, -0.25) is 0 Å². The third kappa shape index (κ3) is 2.93. The SMILES string of the molecule is COC(C#N)(COC(=O)O)[C@@H](O)[C@@H](O)c1ccc2c(N)ncnn12. The van der Waals surface area contributed by atoms with E-state index in [0.29, 0.717) is 5.52 Å². The van der Waals surface area contributed by atoms with E-state index in [1.54, 1.807) is 6.07 Å². The van der Waals surface area contributed by atoms with Crippen molar-refractivity contribution in [2.75, 3.05) is 19.5 Å². The van der Waals surface area contributed by atoms with Crippen LogP contribution >= 0.6 is 0 Å². The molecule has 0 saturated heterocycles. The van der Waals surface area contributed by atoms with Crippen LogP contribution in [-0.2, 0) is 9.47 Å². The van der Waals surface area contributed by atoms with Gasteiger partial charge in [0.15, 0.2) is 5.82 Å². The zero-order valence-electron chi connectivity index (χ0n) is 12.5. The monoisotopic (exact) mass is 337 g/mol. The molecule has 128 valence electrons. The lowest BCUT2D eigenvalue weighted by atomic mass is 9.93. The number of hydrogen-bond acceptors (Lipinski definition) is 9. The molecule has 0 fully saturated rings. The molecule has 3 atom stereocenters. The summed E-state index contributed by atoms with van der Waals surface area (Å²) in [5.41, 5.74) is 4.08. The minimum atomic E-state index is -2.11. The van der Waals surface area contributed by atoms with Gasteiger partial charge in [-0.2, -0.15) is 10.4 Å². The van der Waals surface area contributed by atoms with Gasteiger partial charge in [0.1, 0.15) is 36.7 Å². The highest BCUT2D eigenvalue weighted by atomic mass is 16.7. The van der Waals surface area contributed by atoms with E-state index in [1.165, 1.54) is 16.6 Å². The van der Waals surface area contributed by atoms with Crippen molar-refractivity contribution >= 4 is 17.5 Å². The average Bonchev–Trinajstić information content (AvgIpc) is 3.00. The van der Waals surface area contributed by atoms with E-state index in [9.17, 15) is 20.3 Å². The number of nitrogens with zero attached hydrogens (tertiary/aromatic N) is 4. The van der Waals surface area contributed by atoms with Crippen LogP contribution < -0.4 is 5.73 Å². The molecule has 11 nitrogen and oxygen atoms in total. The van der Waals surface area contributed by atoms with E-state index in [1.807, 2.05) is 0 Å². The number of anilines is 1. The number of hydrogen-bond donors (Lipinski definition) is 4. The Balaban J connectivity index is 2.38. The predicted molar refractivity (Wildman–Crippen MR) is 77.7 cm³/mol. The van der Waals surface area contributed by atoms with Gasteiger partial charge in [-0.15, -0.1) is 0 Å². The maximum Gasteiger partial charge on any atom is 0.505 e. The quantitative estimate of drug-likeness (QED) is 0.493. The molecule has 0 radical (unpaired) electrons. The Morgan fingerprint density at radius 3 is 2.83 bits per heavy atom. The molecule has 2 aromatic rings. The second-order valence-corrected chi connectivity index (χ2v) is 4.85. The van der Waals surface area contributed by atoms with E-state index >= 15 is 0 Å². The van der Waals surface area contributed by atoms with Crippen LogP contribution in [0, 0.1) is 11.3 Å². The van der Waals surface area contributed by atoms with Crippen molar-refractivity contribution in [3.05, 3.63) is 24.2 Å². The zero-order valence-corrected chi connectivity index (χ0v) is 12.5. The molecule has 11 heteroatoms. The van der Waals surface area contributed by atoms with Crippen molar-refractivity contribution in [1.29, 1.82) is 5.26 Å². The van der Waals surface area contributed by atoms with Crippen molar-refractivity contribution in [3.63, 3.8) is 0 Å². The van der Waals surface area contributed by atoms with Crippen LogP contribution in [0.5, 0.6) is 0 Å². The number of aromatic nitrogens is 3. The second kappa shape index (κ2) is 6.67. The fourth-order valence-corrected chi connectivity index (χ4v) is 2.19. The highest BCUT2D eigenvalue weighted by Gasteiger charge is 2.45. The summed E-state index contributed by atoms with van der Waals surface area (Å²) in [5.74, 6) is 0.158. The molecule has 0 aliphatic carbocycles. The van der Waals surface area contributed by atoms with Crippen LogP contribution in [-0.4, -0.2) is 61.5 Å². The summed E-state index contributed by atoms with van der Waals surface area (Å²) < 4.78 is 10.5. The van der Waals surface area contributed by atoms with Gasteiger partial charge in [0.2, 0.25) is 5.60 Å². The summed E-state index contributed by atoms with van der Waals surface area (Å²) in [6, 6.07) is 4.59. The number of aliphatic hydroxyl groups excluding tert-OH is 2. The topological polar surface area (TPSA) is 176 Å². The number of aliphatic hydroxyl groups is 2. The summed E-state index contributed by atoms with van der Waals surface area (Å²) >= 11 is 0. The van der Waals surface area contributed by atoms with Crippen molar-refractivity contribution in [1.82, 2.24) is 14.6 Å². The number of nitriles is 1. The van der Waals surface area contributed by atoms with Crippen LogP contribution in [0.2, 0.25) is 0 Å². The molecule has 5 N–H and O–H groups in total. The van der Waals surface area contributed by atoms with Crippen LogP contribution in [0.3, 0.4) is 0 Å². The first-order valence-corrected chi connectivity index (χ1v) is 6.62. The molecular weight excluding hydrogens is 322 g/mol. The lowest BCUT2D eigenvalue weighted by molar-refractivity contribution is -0.138. The number of ether oxygens (including phenoxy) is 2. The number of fused-ring (bicyclic) bond motifs is 1. The molecule has 2 rings (SSSR count). The number of rotatable bonds is 6. The average molecular weight is 337 g/mol. The minimum Gasteiger partial charge on any atom is -0.450 e. The number of nitrogen functional groups attached to an aromatic ring is 1. The van der Waals surface area contributed by atoms with Gasteiger partial charge >= 0.3 is 6.16 Å². The van der Waals surface area contributed by atoms with Gasteiger partial charge in [0, 0.05) is 7.11 Å². The van der Waals surface area contributed by atoms with E-state index < -0.39 is 30.6 Å². The Morgan fingerprint density at radius 1 is 1.54 bits per heavy atom. The summed E-state index contributed by atoms with van der Waals surface area (Å²) in [5, 5.41) is 42.6. The zero-order chi connectivity index (χ0) is 17.9. The Labute approximate surface area is 135 Å². The molecule has 0 saturated carbocycles. The standard InChI is InChI=1S/C13H15N5O6/c1-23-13(4-14,5-24-12(21)22)10(20)9(19)7-2-3-8-11(15)16-6-17-18(7)8/h2-3,6,9-10,19-20H,5H2,1H3,(H,21,22)(H2,15,16,17)/t9-,10-,13?/m0/s1. The molecule has 1 unspecified atom stereocenters. The van der Waals surface area contributed by atoms with Crippen LogP contribution in [0.1, 0.15) is 11.8 Å². The summed E-state index contributed by atoms with van der Waals surface area (Å²) in [7, 11) is 1.08. The summed E-state index contributed by atoms with van der Waals surface area (Å²) in [6.07, 6.45) is -3.96. The fraction of sp³-hybridized carbons (Fsp3) is 0.385. The second-order valence-electron chi connectivity index (χ2n) is 4.85. The normalized spacial score (nSPS) is 16.1. The third-order valence-corrected chi connectivity index (χ3v) is 3.55. The molecule has 0 aromatic carbocycles. The van der Waals surface area contributed by atoms with Crippen molar-refractivity contribution in [3.8, 4) is 6.07 Å². The lowest BCUT2D eigenvalue weighted by Crippen LogP contribution is -2.50. The highest BCUT2D eigenvalue weighted by Crippen LogP contribution is 2.29. The first-order chi connectivity index (χ1) is 11.4. The molecule has 0 aliphatic rings. The van der Waals surface area contributed by atoms with Gasteiger partial charge < -0.3 is 30.5 Å². The molecule has 24 heavy (non-hydrogen) atoms. The smallest absolute Gasteiger partial charge is 0.450 e.